The molecule has 3 heterocycles. The molecule has 25 heavy (non-hydrogen) atoms. The van der Waals surface area contributed by atoms with Crippen LogP contribution in [0.2, 0.25) is 0 Å². The molecule has 3 atom stereocenters. The molecule has 2 aromatic rings. The number of amides is 2. The van der Waals surface area contributed by atoms with Gasteiger partial charge in [-0.1, -0.05) is 29.2 Å². The van der Waals surface area contributed by atoms with Gasteiger partial charge in [-0.15, -0.1) is 0 Å². The summed E-state index contributed by atoms with van der Waals surface area (Å²) < 4.78 is 10.6. The lowest BCUT2D eigenvalue weighted by Crippen LogP contribution is -2.31. The first-order valence-corrected chi connectivity index (χ1v) is 9.19. The highest BCUT2D eigenvalue weighted by molar-refractivity contribution is 8.00. The van der Waals surface area contributed by atoms with Gasteiger partial charge in [0.15, 0.2) is 11.5 Å². The lowest BCUT2D eigenvalue weighted by atomic mass is 9.83. The van der Waals surface area contributed by atoms with Crippen LogP contribution in [0.15, 0.2) is 28.0 Å². The Morgan fingerprint density at radius 3 is 2.52 bits per heavy atom. The monoisotopic (exact) mass is 378 g/mol. The Bertz CT molecular complexity index is 935. The Morgan fingerprint density at radius 2 is 1.80 bits per heavy atom. The SMILES string of the molecule is COc1ccc([C@@H]2c3sc(=O)[nH]c3S[C@H]3C(=O)NC(=O)[C@H]23)cc1OC. The highest BCUT2D eigenvalue weighted by atomic mass is 32.2. The minimum absolute atomic E-state index is 0.198. The number of ether oxygens (including phenoxy) is 2. The van der Waals surface area contributed by atoms with E-state index >= 15 is 0 Å². The molecule has 1 aromatic carbocycles. The van der Waals surface area contributed by atoms with Crippen LogP contribution in [-0.4, -0.2) is 36.3 Å². The summed E-state index contributed by atoms with van der Waals surface area (Å²) in [7, 11) is 3.08. The lowest BCUT2D eigenvalue weighted by molar-refractivity contribution is -0.125. The number of hydrogen-bond donors (Lipinski definition) is 2. The van der Waals surface area contributed by atoms with Crippen molar-refractivity contribution in [2.24, 2.45) is 5.92 Å². The van der Waals surface area contributed by atoms with Gasteiger partial charge in [0.25, 0.3) is 0 Å². The van der Waals surface area contributed by atoms with Crippen molar-refractivity contribution >= 4 is 34.9 Å². The van der Waals surface area contributed by atoms with Crippen LogP contribution >= 0.6 is 23.1 Å². The number of fused-ring (bicyclic) bond motifs is 2. The number of aromatic amines is 1. The van der Waals surface area contributed by atoms with Gasteiger partial charge in [-0.25, -0.2) is 0 Å². The number of methoxy groups -OCH3 is 2. The summed E-state index contributed by atoms with van der Waals surface area (Å²) in [5.74, 6) is -0.477. The third-order valence-corrected chi connectivity index (χ3v) is 6.84. The van der Waals surface area contributed by atoms with Crippen molar-refractivity contribution in [2.75, 3.05) is 14.2 Å². The smallest absolute Gasteiger partial charge is 0.305 e. The predicted molar refractivity (Wildman–Crippen MR) is 92.6 cm³/mol. The molecule has 2 aliphatic rings. The lowest BCUT2D eigenvalue weighted by Gasteiger charge is -2.30. The van der Waals surface area contributed by atoms with Crippen LogP contribution < -0.4 is 19.7 Å². The standard InChI is InChI=1S/C16H14N2O5S2/c1-22-7-4-3-6(5-8(7)23-2)9-10-11(14(20)17-13(10)19)24-15-12(9)25-16(21)18-15/h3-5,9-11H,1-2H3,(H,18,21)(H,17,19,20)/t9-,10+,11+/m0/s1. The van der Waals surface area contributed by atoms with Crippen LogP contribution in [0.25, 0.3) is 0 Å². The second-order valence-electron chi connectivity index (χ2n) is 5.72. The minimum atomic E-state index is -0.561. The first kappa shape index (κ1) is 16.2. The quantitative estimate of drug-likeness (QED) is 0.782. The van der Waals surface area contributed by atoms with Gasteiger partial charge in [0.1, 0.15) is 5.25 Å². The van der Waals surface area contributed by atoms with Crippen molar-refractivity contribution in [3.63, 3.8) is 0 Å². The van der Waals surface area contributed by atoms with Gasteiger partial charge in [-0.05, 0) is 17.7 Å². The molecular formula is C16H14N2O5S2. The molecule has 0 bridgehead atoms. The molecule has 130 valence electrons. The predicted octanol–water partition coefficient (Wildman–Crippen LogP) is 1.33. The Morgan fingerprint density at radius 1 is 1.04 bits per heavy atom. The van der Waals surface area contributed by atoms with Crippen LogP contribution in [-0.2, 0) is 9.59 Å². The van der Waals surface area contributed by atoms with Crippen molar-refractivity contribution in [1.29, 1.82) is 0 Å². The van der Waals surface area contributed by atoms with E-state index in [1.807, 2.05) is 6.07 Å². The van der Waals surface area contributed by atoms with Crippen LogP contribution in [0.5, 0.6) is 11.5 Å². The number of H-pyrrole nitrogens is 1. The first-order chi connectivity index (χ1) is 12.0. The molecule has 0 saturated carbocycles. The maximum absolute atomic E-state index is 12.4. The van der Waals surface area contributed by atoms with Crippen molar-refractivity contribution < 1.29 is 19.1 Å². The molecular weight excluding hydrogens is 364 g/mol. The number of thioether (sulfide) groups is 1. The molecule has 0 spiro atoms. The number of nitrogens with one attached hydrogen (secondary N) is 2. The van der Waals surface area contributed by atoms with Crippen LogP contribution in [0.1, 0.15) is 16.4 Å². The summed E-state index contributed by atoms with van der Waals surface area (Å²) in [6, 6.07) is 5.39. The van der Waals surface area contributed by atoms with Crippen molar-refractivity contribution in [3.8, 4) is 11.5 Å². The molecule has 9 heteroatoms. The first-order valence-electron chi connectivity index (χ1n) is 7.49. The summed E-state index contributed by atoms with van der Waals surface area (Å²) in [6.07, 6.45) is 0. The fourth-order valence-corrected chi connectivity index (χ4v) is 5.82. The zero-order chi connectivity index (χ0) is 17.7. The Labute approximate surface area is 150 Å². The highest BCUT2D eigenvalue weighted by Crippen LogP contribution is 2.51. The zero-order valence-electron chi connectivity index (χ0n) is 13.3. The van der Waals surface area contributed by atoms with Crippen LogP contribution in [0.3, 0.4) is 0 Å². The zero-order valence-corrected chi connectivity index (χ0v) is 15.0. The number of thiazole rings is 1. The average Bonchev–Trinajstić information content (AvgIpc) is 3.11. The van der Waals surface area contributed by atoms with E-state index in [0.29, 0.717) is 16.5 Å². The Kier molecular flexibility index (Phi) is 3.84. The largest absolute Gasteiger partial charge is 0.493 e. The van der Waals surface area contributed by atoms with E-state index in [4.69, 9.17) is 9.47 Å². The molecule has 1 saturated heterocycles. The maximum atomic E-state index is 12.4. The summed E-state index contributed by atoms with van der Waals surface area (Å²) in [5.41, 5.74) is 0.800. The van der Waals surface area contributed by atoms with E-state index in [-0.39, 0.29) is 16.7 Å². The molecule has 0 radical (unpaired) electrons. The van der Waals surface area contributed by atoms with Crippen LogP contribution in [0, 0.1) is 5.92 Å². The number of hydrogen-bond acceptors (Lipinski definition) is 7. The number of imide groups is 1. The summed E-state index contributed by atoms with van der Waals surface area (Å²) in [4.78, 5) is 39.8. The number of carbonyl (C=O) groups excluding carboxylic acids is 2. The number of benzene rings is 1. The molecule has 7 nitrogen and oxygen atoms in total. The normalized spacial score (nSPS) is 24.5. The number of rotatable bonds is 3. The van der Waals surface area contributed by atoms with Gasteiger partial charge in [-0.2, -0.15) is 0 Å². The summed E-state index contributed by atoms with van der Waals surface area (Å²) in [6.45, 7) is 0. The molecule has 2 N–H and O–H groups in total. The third-order valence-electron chi connectivity index (χ3n) is 4.43. The molecule has 4 rings (SSSR count). The summed E-state index contributed by atoms with van der Waals surface area (Å²) in [5, 5.41) is 2.51. The Hall–Kier alpha value is -2.26. The fourth-order valence-electron chi connectivity index (χ4n) is 3.34. The molecule has 0 aliphatic carbocycles. The second-order valence-corrected chi connectivity index (χ2v) is 7.88. The van der Waals surface area contributed by atoms with E-state index in [0.717, 1.165) is 21.8 Å². The second kappa shape index (κ2) is 5.92. The Balaban J connectivity index is 1.90. The van der Waals surface area contributed by atoms with Crippen molar-refractivity contribution in [2.45, 2.75) is 16.2 Å². The van der Waals surface area contributed by atoms with Gasteiger partial charge in [-0.3, -0.25) is 19.7 Å². The molecule has 2 aliphatic heterocycles. The van der Waals surface area contributed by atoms with Gasteiger partial charge in [0, 0.05) is 10.8 Å². The van der Waals surface area contributed by atoms with Gasteiger partial charge in [0.05, 0.1) is 25.2 Å². The van der Waals surface area contributed by atoms with E-state index in [1.165, 1.54) is 18.9 Å². The average molecular weight is 378 g/mol. The molecule has 1 aromatic heterocycles. The van der Waals surface area contributed by atoms with Gasteiger partial charge < -0.3 is 14.5 Å². The van der Waals surface area contributed by atoms with E-state index in [1.54, 1.807) is 19.2 Å². The topological polar surface area (TPSA) is 97.5 Å². The van der Waals surface area contributed by atoms with E-state index in [9.17, 15) is 14.4 Å². The molecule has 1 fully saturated rings. The van der Waals surface area contributed by atoms with E-state index in [2.05, 4.69) is 10.3 Å². The number of carbonyl (C=O) groups is 2. The highest BCUT2D eigenvalue weighted by Gasteiger charge is 2.52. The van der Waals surface area contributed by atoms with Gasteiger partial charge >= 0.3 is 4.87 Å². The molecule has 2 amide bonds. The number of aromatic nitrogens is 1. The van der Waals surface area contributed by atoms with Crippen molar-refractivity contribution in [3.05, 3.63) is 38.3 Å². The van der Waals surface area contributed by atoms with Crippen LogP contribution in [0.4, 0.5) is 0 Å². The maximum Gasteiger partial charge on any atom is 0.305 e. The van der Waals surface area contributed by atoms with Gasteiger partial charge in [0.2, 0.25) is 11.8 Å². The minimum Gasteiger partial charge on any atom is -0.493 e. The summed E-state index contributed by atoms with van der Waals surface area (Å²) >= 11 is 2.32. The van der Waals surface area contributed by atoms with Crippen molar-refractivity contribution in [1.82, 2.24) is 10.3 Å². The third kappa shape index (κ3) is 2.46. The molecule has 0 unspecified atom stereocenters. The fraction of sp³-hybridized carbons (Fsp3) is 0.312. The van der Waals surface area contributed by atoms with E-state index < -0.39 is 17.1 Å².